The second-order valence-electron chi connectivity index (χ2n) is 3.39. The molecule has 0 unspecified atom stereocenters. The van der Waals surface area contributed by atoms with Crippen LogP contribution in [0.4, 0.5) is 11.4 Å². The van der Waals surface area contributed by atoms with Crippen LogP contribution in [0.5, 0.6) is 0 Å². The van der Waals surface area contributed by atoms with Crippen molar-refractivity contribution >= 4 is 40.2 Å². The zero-order valence-electron chi connectivity index (χ0n) is 8.92. The maximum Gasteiger partial charge on any atom is 0.288 e. The van der Waals surface area contributed by atoms with Gasteiger partial charge in [-0.1, -0.05) is 11.6 Å². The van der Waals surface area contributed by atoms with Gasteiger partial charge in [0.25, 0.3) is 11.6 Å². The third kappa shape index (κ3) is 2.66. The molecule has 92 valence electrons. The van der Waals surface area contributed by atoms with Crippen LogP contribution in [0.25, 0.3) is 0 Å². The molecular formula is C11H7ClN2O3S. The second kappa shape index (κ2) is 5.16. The van der Waals surface area contributed by atoms with Gasteiger partial charge in [0.1, 0.15) is 5.02 Å². The molecule has 18 heavy (non-hydrogen) atoms. The first-order valence-corrected chi connectivity index (χ1v) is 6.17. The Balaban J connectivity index is 2.26. The molecule has 1 heterocycles. The van der Waals surface area contributed by atoms with Crippen molar-refractivity contribution in [2.75, 3.05) is 5.32 Å². The molecule has 0 saturated heterocycles. The van der Waals surface area contributed by atoms with E-state index in [4.69, 9.17) is 11.6 Å². The second-order valence-corrected chi connectivity index (χ2v) is 4.58. The molecular weight excluding hydrogens is 276 g/mol. The van der Waals surface area contributed by atoms with Gasteiger partial charge in [0.2, 0.25) is 0 Å². The number of benzene rings is 1. The number of nitro groups is 1. The average Bonchev–Trinajstić information content (AvgIpc) is 2.81. The SMILES string of the molecule is O=C(Nc1ccsc1)c1ccc(Cl)c([N+](=O)[O-])c1. The molecule has 5 nitrogen and oxygen atoms in total. The predicted octanol–water partition coefficient (Wildman–Crippen LogP) is 3.56. The van der Waals surface area contributed by atoms with E-state index in [9.17, 15) is 14.9 Å². The quantitative estimate of drug-likeness (QED) is 0.691. The van der Waals surface area contributed by atoms with Crippen molar-refractivity contribution in [1.82, 2.24) is 0 Å². The Morgan fingerprint density at radius 2 is 2.17 bits per heavy atom. The molecule has 1 amide bonds. The highest BCUT2D eigenvalue weighted by Crippen LogP contribution is 2.25. The number of carbonyl (C=O) groups is 1. The van der Waals surface area contributed by atoms with Crippen LogP contribution in [-0.2, 0) is 0 Å². The van der Waals surface area contributed by atoms with Crippen LogP contribution in [0.2, 0.25) is 5.02 Å². The van der Waals surface area contributed by atoms with E-state index in [0.29, 0.717) is 5.69 Å². The number of hydrogen-bond donors (Lipinski definition) is 1. The van der Waals surface area contributed by atoms with Gasteiger partial charge in [-0.15, -0.1) is 0 Å². The molecule has 0 bridgehead atoms. The minimum atomic E-state index is -0.621. The summed E-state index contributed by atoms with van der Waals surface area (Å²) in [5.74, 6) is -0.409. The molecule has 0 aliphatic rings. The Labute approximate surface area is 111 Å². The lowest BCUT2D eigenvalue weighted by Crippen LogP contribution is -2.11. The number of nitrogens with one attached hydrogen (secondary N) is 1. The molecule has 7 heteroatoms. The number of amides is 1. The Morgan fingerprint density at radius 1 is 1.39 bits per heavy atom. The van der Waals surface area contributed by atoms with E-state index < -0.39 is 10.8 Å². The molecule has 1 N–H and O–H groups in total. The van der Waals surface area contributed by atoms with Crippen LogP contribution in [0.1, 0.15) is 10.4 Å². The summed E-state index contributed by atoms with van der Waals surface area (Å²) in [4.78, 5) is 21.9. The third-order valence-corrected chi connectivity index (χ3v) is 3.19. The van der Waals surface area contributed by atoms with Gasteiger partial charge < -0.3 is 5.32 Å². The predicted molar refractivity (Wildman–Crippen MR) is 70.4 cm³/mol. The highest BCUT2D eigenvalue weighted by molar-refractivity contribution is 7.08. The third-order valence-electron chi connectivity index (χ3n) is 2.18. The summed E-state index contributed by atoms with van der Waals surface area (Å²) in [5, 5.41) is 16.9. The monoisotopic (exact) mass is 282 g/mol. The molecule has 0 spiro atoms. The number of rotatable bonds is 3. The Kier molecular flexibility index (Phi) is 3.59. The molecule has 0 fully saturated rings. The van der Waals surface area contributed by atoms with Gasteiger partial charge in [0, 0.05) is 17.0 Å². The highest BCUT2D eigenvalue weighted by atomic mass is 35.5. The van der Waals surface area contributed by atoms with E-state index in [-0.39, 0.29) is 16.3 Å². The number of carbonyl (C=O) groups excluding carboxylic acids is 1. The van der Waals surface area contributed by atoms with Gasteiger partial charge >= 0.3 is 0 Å². The zero-order valence-corrected chi connectivity index (χ0v) is 10.5. The summed E-state index contributed by atoms with van der Waals surface area (Å²) in [5.41, 5.74) is 0.564. The largest absolute Gasteiger partial charge is 0.321 e. The number of hydrogen-bond acceptors (Lipinski definition) is 4. The molecule has 1 aromatic heterocycles. The van der Waals surface area contributed by atoms with Crippen LogP contribution in [0, 0.1) is 10.1 Å². The van der Waals surface area contributed by atoms with E-state index in [1.807, 2.05) is 5.38 Å². The van der Waals surface area contributed by atoms with E-state index in [1.165, 1.54) is 23.5 Å². The Bertz CT molecular complexity index is 598. The van der Waals surface area contributed by atoms with Crippen LogP contribution >= 0.6 is 22.9 Å². The van der Waals surface area contributed by atoms with Gasteiger partial charge in [-0.25, -0.2) is 0 Å². The molecule has 0 aliphatic heterocycles. The summed E-state index contributed by atoms with van der Waals surface area (Å²) >= 11 is 7.11. The minimum Gasteiger partial charge on any atom is -0.321 e. The number of nitro benzene ring substituents is 1. The van der Waals surface area contributed by atoms with Gasteiger partial charge in [-0.2, -0.15) is 11.3 Å². The van der Waals surface area contributed by atoms with Crippen molar-refractivity contribution in [3.05, 3.63) is 55.7 Å². The summed E-state index contributed by atoms with van der Waals surface area (Å²) in [6.45, 7) is 0. The molecule has 0 aliphatic carbocycles. The smallest absolute Gasteiger partial charge is 0.288 e. The fraction of sp³-hybridized carbons (Fsp3) is 0. The number of anilines is 1. The van der Waals surface area contributed by atoms with E-state index >= 15 is 0 Å². The first kappa shape index (κ1) is 12.5. The number of halogens is 1. The number of thiophene rings is 1. The van der Waals surface area contributed by atoms with Crippen LogP contribution in [0.3, 0.4) is 0 Å². The maximum absolute atomic E-state index is 11.8. The normalized spacial score (nSPS) is 10.1. The molecule has 2 aromatic rings. The molecule has 0 atom stereocenters. The van der Waals surface area contributed by atoms with Crippen LogP contribution in [0.15, 0.2) is 35.0 Å². The first-order valence-electron chi connectivity index (χ1n) is 4.85. The molecule has 1 aromatic carbocycles. The van der Waals surface area contributed by atoms with Crippen molar-refractivity contribution in [2.24, 2.45) is 0 Å². The fourth-order valence-electron chi connectivity index (χ4n) is 1.33. The van der Waals surface area contributed by atoms with E-state index in [2.05, 4.69) is 5.32 Å². The summed E-state index contributed by atoms with van der Waals surface area (Å²) in [6, 6.07) is 5.68. The zero-order chi connectivity index (χ0) is 13.1. The van der Waals surface area contributed by atoms with Gasteiger partial charge in [0.05, 0.1) is 10.6 Å². The summed E-state index contributed by atoms with van der Waals surface area (Å²) in [6.07, 6.45) is 0. The van der Waals surface area contributed by atoms with Gasteiger partial charge in [-0.05, 0) is 23.6 Å². The lowest BCUT2D eigenvalue weighted by atomic mass is 10.2. The topological polar surface area (TPSA) is 72.2 Å². The van der Waals surface area contributed by atoms with Crippen LogP contribution < -0.4 is 5.32 Å². The highest BCUT2D eigenvalue weighted by Gasteiger charge is 2.16. The molecule has 2 rings (SSSR count). The Morgan fingerprint density at radius 3 is 2.78 bits per heavy atom. The number of nitrogens with zero attached hydrogens (tertiary/aromatic N) is 1. The maximum atomic E-state index is 11.8. The Hall–Kier alpha value is -1.92. The lowest BCUT2D eigenvalue weighted by Gasteiger charge is -2.03. The lowest BCUT2D eigenvalue weighted by molar-refractivity contribution is -0.384. The minimum absolute atomic E-state index is 0.00656. The van der Waals surface area contributed by atoms with E-state index in [1.54, 1.807) is 11.4 Å². The summed E-state index contributed by atoms with van der Waals surface area (Å²) < 4.78 is 0. The van der Waals surface area contributed by atoms with Crippen molar-refractivity contribution in [3.8, 4) is 0 Å². The first-order chi connectivity index (χ1) is 8.58. The molecule has 0 saturated carbocycles. The van der Waals surface area contributed by atoms with Crippen molar-refractivity contribution in [2.45, 2.75) is 0 Å². The van der Waals surface area contributed by atoms with Crippen molar-refractivity contribution in [3.63, 3.8) is 0 Å². The molecule has 0 radical (unpaired) electrons. The van der Waals surface area contributed by atoms with Gasteiger partial charge in [-0.3, -0.25) is 14.9 Å². The van der Waals surface area contributed by atoms with Crippen molar-refractivity contribution in [1.29, 1.82) is 0 Å². The standard InChI is InChI=1S/C11H7ClN2O3S/c12-9-2-1-7(5-10(9)14(16)17)11(15)13-8-3-4-18-6-8/h1-6H,(H,13,15). The van der Waals surface area contributed by atoms with E-state index in [0.717, 1.165) is 6.07 Å². The van der Waals surface area contributed by atoms with Gasteiger partial charge in [0.15, 0.2) is 0 Å². The van der Waals surface area contributed by atoms with Crippen LogP contribution in [-0.4, -0.2) is 10.8 Å². The fourth-order valence-corrected chi connectivity index (χ4v) is 2.11. The van der Waals surface area contributed by atoms with Crippen molar-refractivity contribution < 1.29 is 9.72 Å². The summed E-state index contributed by atoms with van der Waals surface area (Å²) in [7, 11) is 0. The average molecular weight is 283 g/mol.